The van der Waals surface area contributed by atoms with E-state index in [-0.39, 0.29) is 18.5 Å². The van der Waals surface area contributed by atoms with Gasteiger partial charge in [-0.1, -0.05) is 12.1 Å². The van der Waals surface area contributed by atoms with Crippen molar-refractivity contribution < 1.29 is 4.79 Å². The number of anilines is 2. The lowest BCUT2D eigenvalue weighted by atomic mass is 10.1. The first-order valence-electron chi connectivity index (χ1n) is 10.4. The minimum absolute atomic E-state index is 0.0309. The first kappa shape index (κ1) is 19.1. The largest absolute Gasteiger partial charge is 0.374 e. The Morgan fingerprint density at radius 3 is 3.03 bits per heavy atom. The number of piperidine rings is 1. The molecule has 1 aromatic carbocycles. The number of amides is 1. The van der Waals surface area contributed by atoms with Crippen LogP contribution in [-0.4, -0.2) is 56.3 Å². The molecule has 3 N–H and O–H groups in total. The molecular formula is C22H24N8O. The molecule has 0 saturated carbocycles. The molecule has 1 aliphatic heterocycles. The molecule has 3 aromatic heterocycles. The van der Waals surface area contributed by atoms with Crippen LogP contribution in [0, 0.1) is 0 Å². The van der Waals surface area contributed by atoms with Crippen molar-refractivity contribution in [1.29, 1.82) is 0 Å². The highest BCUT2D eigenvalue weighted by atomic mass is 16.2. The molecular weight excluding hydrogens is 392 g/mol. The molecule has 0 spiro atoms. The SMILES string of the molecule is O=C(CNc1ccccc1-n1cccn1)N[C@@H]1CCCN(c2ncnc3[nH]ccc23)C1. The number of nitrogens with one attached hydrogen (secondary N) is 3. The van der Waals surface area contributed by atoms with Crippen LogP contribution in [0.5, 0.6) is 0 Å². The number of carbonyl (C=O) groups is 1. The van der Waals surface area contributed by atoms with Gasteiger partial charge >= 0.3 is 0 Å². The monoisotopic (exact) mass is 416 g/mol. The minimum Gasteiger partial charge on any atom is -0.374 e. The van der Waals surface area contributed by atoms with Gasteiger partial charge in [0.1, 0.15) is 17.8 Å². The van der Waals surface area contributed by atoms with Crippen LogP contribution in [0.15, 0.2) is 61.3 Å². The number of nitrogens with zero attached hydrogens (tertiary/aromatic N) is 5. The summed E-state index contributed by atoms with van der Waals surface area (Å²) in [6.45, 7) is 1.84. The van der Waals surface area contributed by atoms with E-state index in [0.717, 1.165) is 54.2 Å². The molecule has 4 aromatic rings. The predicted octanol–water partition coefficient (Wildman–Crippen LogP) is 2.34. The first-order chi connectivity index (χ1) is 15.3. The van der Waals surface area contributed by atoms with E-state index in [1.54, 1.807) is 17.2 Å². The lowest BCUT2D eigenvalue weighted by Gasteiger charge is -2.34. The Morgan fingerprint density at radius 1 is 1.19 bits per heavy atom. The van der Waals surface area contributed by atoms with Crippen molar-refractivity contribution in [1.82, 2.24) is 30.0 Å². The van der Waals surface area contributed by atoms with E-state index in [1.165, 1.54) is 0 Å². The van der Waals surface area contributed by atoms with E-state index in [0.29, 0.717) is 0 Å². The molecule has 1 saturated heterocycles. The summed E-state index contributed by atoms with van der Waals surface area (Å²) in [5.41, 5.74) is 2.60. The average molecular weight is 416 g/mol. The lowest BCUT2D eigenvalue weighted by Crippen LogP contribution is -2.49. The number of aromatic nitrogens is 5. The van der Waals surface area contributed by atoms with Gasteiger partial charge in [-0.15, -0.1) is 0 Å². The molecule has 9 nitrogen and oxygen atoms in total. The summed E-state index contributed by atoms with van der Waals surface area (Å²) in [6.07, 6.45) is 9.02. The van der Waals surface area contributed by atoms with E-state index >= 15 is 0 Å². The van der Waals surface area contributed by atoms with Gasteiger partial charge in [-0.2, -0.15) is 5.10 Å². The number of H-pyrrole nitrogens is 1. The van der Waals surface area contributed by atoms with E-state index in [2.05, 4.69) is 35.6 Å². The van der Waals surface area contributed by atoms with Crippen LogP contribution in [-0.2, 0) is 4.79 Å². The van der Waals surface area contributed by atoms with Gasteiger partial charge < -0.3 is 20.5 Å². The third-order valence-corrected chi connectivity index (χ3v) is 5.51. The van der Waals surface area contributed by atoms with E-state index in [4.69, 9.17) is 0 Å². The fourth-order valence-electron chi connectivity index (χ4n) is 4.09. The molecule has 5 rings (SSSR count). The second-order valence-electron chi connectivity index (χ2n) is 7.61. The van der Waals surface area contributed by atoms with Gasteiger partial charge in [0.05, 0.1) is 23.3 Å². The van der Waals surface area contributed by atoms with Crippen LogP contribution in [0.1, 0.15) is 12.8 Å². The van der Waals surface area contributed by atoms with E-state index < -0.39 is 0 Å². The maximum absolute atomic E-state index is 12.7. The van der Waals surface area contributed by atoms with Crippen LogP contribution >= 0.6 is 0 Å². The Balaban J connectivity index is 1.21. The van der Waals surface area contributed by atoms with Gasteiger partial charge in [0, 0.05) is 37.7 Å². The van der Waals surface area contributed by atoms with Gasteiger partial charge in [-0.3, -0.25) is 4.79 Å². The van der Waals surface area contributed by atoms with Gasteiger partial charge in [-0.25, -0.2) is 14.6 Å². The fourth-order valence-corrected chi connectivity index (χ4v) is 4.09. The van der Waals surface area contributed by atoms with Crippen LogP contribution in [0.4, 0.5) is 11.5 Å². The first-order valence-corrected chi connectivity index (χ1v) is 10.4. The summed E-state index contributed by atoms with van der Waals surface area (Å²) < 4.78 is 1.78. The zero-order chi connectivity index (χ0) is 21.0. The van der Waals surface area contributed by atoms with Crippen molar-refractivity contribution >= 4 is 28.4 Å². The topological polar surface area (TPSA) is 104 Å². The molecule has 0 bridgehead atoms. The van der Waals surface area contributed by atoms with E-state index in [1.807, 2.05) is 48.8 Å². The molecule has 31 heavy (non-hydrogen) atoms. The number of para-hydroxylation sites is 2. The third-order valence-electron chi connectivity index (χ3n) is 5.51. The standard InChI is InChI=1S/C22H24N8O/c31-20(13-24-18-6-1-2-7-19(18)30-12-4-9-27-30)28-16-5-3-11-29(14-16)22-17-8-10-23-21(17)25-15-26-22/h1-2,4,6-10,12,15-16,24H,3,5,11,13-14H2,(H,28,31)(H,23,25,26)/t16-/m1/s1. The fraction of sp³-hybridized carbons (Fsp3) is 0.273. The van der Waals surface area contributed by atoms with E-state index in [9.17, 15) is 4.79 Å². The molecule has 0 radical (unpaired) electrons. The normalized spacial score (nSPS) is 16.4. The number of hydrogen-bond donors (Lipinski definition) is 3. The highest BCUT2D eigenvalue weighted by Crippen LogP contribution is 2.25. The zero-order valence-electron chi connectivity index (χ0n) is 17.0. The Hall–Kier alpha value is -3.88. The van der Waals surface area contributed by atoms with Crippen LogP contribution < -0.4 is 15.5 Å². The molecule has 1 amide bonds. The van der Waals surface area contributed by atoms with Crippen molar-refractivity contribution in [3.05, 3.63) is 61.3 Å². The van der Waals surface area contributed by atoms with Crippen LogP contribution in [0.3, 0.4) is 0 Å². The zero-order valence-corrected chi connectivity index (χ0v) is 17.0. The predicted molar refractivity (Wildman–Crippen MR) is 119 cm³/mol. The Kier molecular flexibility index (Phi) is 5.22. The average Bonchev–Trinajstić information content (AvgIpc) is 3.50. The highest BCUT2D eigenvalue weighted by molar-refractivity contribution is 5.87. The summed E-state index contributed by atoms with van der Waals surface area (Å²) in [4.78, 5) is 26.8. The number of benzene rings is 1. The van der Waals surface area contributed by atoms with Crippen molar-refractivity contribution in [2.45, 2.75) is 18.9 Å². The van der Waals surface area contributed by atoms with Crippen LogP contribution in [0.2, 0.25) is 0 Å². The van der Waals surface area contributed by atoms with Gasteiger partial charge in [0.2, 0.25) is 5.91 Å². The number of rotatable bonds is 6. The Bertz CT molecular complexity index is 1170. The number of carbonyl (C=O) groups excluding carboxylic acids is 1. The van der Waals surface area contributed by atoms with Gasteiger partial charge in [0.15, 0.2) is 0 Å². The molecule has 1 fully saturated rings. The molecule has 0 aliphatic carbocycles. The summed E-state index contributed by atoms with van der Waals surface area (Å²) in [5, 5.41) is 11.7. The van der Waals surface area contributed by atoms with Crippen molar-refractivity contribution in [3.63, 3.8) is 0 Å². The highest BCUT2D eigenvalue weighted by Gasteiger charge is 2.24. The second kappa shape index (κ2) is 8.47. The van der Waals surface area contributed by atoms with Crippen molar-refractivity contribution in [3.8, 4) is 5.69 Å². The number of fused-ring (bicyclic) bond motifs is 1. The maximum atomic E-state index is 12.7. The number of aromatic amines is 1. The van der Waals surface area contributed by atoms with Crippen molar-refractivity contribution in [2.24, 2.45) is 0 Å². The quantitative estimate of drug-likeness (QED) is 0.446. The molecule has 0 unspecified atom stereocenters. The van der Waals surface area contributed by atoms with Gasteiger partial charge in [0.25, 0.3) is 0 Å². The molecule has 4 heterocycles. The summed E-state index contributed by atoms with van der Waals surface area (Å²) in [5.74, 6) is 0.882. The summed E-state index contributed by atoms with van der Waals surface area (Å²) in [6, 6.07) is 11.8. The Labute approximate surface area is 179 Å². The molecule has 9 heteroatoms. The second-order valence-corrected chi connectivity index (χ2v) is 7.61. The molecule has 1 aliphatic rings. The van der Waals surface area contributed by atoms with Gasteiger partial charge in [-0.05, 0) is 37.1 Å². The smallest absolute Gasteiger partial charge is 0.239 e. The molecule has 158 valence electrons. The summed E-state index contributed by atoms with van der Waals surface area (Å²) >= 11 is 0. The lowest BCUT2D eigenvalue weighted by molar-refractivity contribution is -0.120. The third kappa shape index (κ3) is 4.07. The number of hydrogen-bond acceptors (Lipinski definition) is 6. The van der Waals surface area contributed by atoms with Crippen molar-refractivity contribution in [2.75, 3.05) is 29.9 Å². The maximum Gasteiger partial charge on any atom is 0.239 e. The molecule has 1 atom stereocenters. The Morgan fingerprint density at radius 2 is 2.13 bits per heavy atom. The minimum atomic E-state index is -0.0309. The van der Waals surface area contributed by atoms with Crippen LogP contribution in [0.25, 0.3) is 16.7 Å². The summed E-state index contributed by atoms with van der Waals surface area (Å²) in [7, 11) is 0.